The van der Waals surface area contributed by atoms with Crippen LogP contribution in [0.4, 0.5) is 0 Å². The van der Waals surface area contributed by atoms with Gasteiger partial charge in [-0.1, -0.05) is 6.07 Å². The molecule has 4 heteroatoms. The van der Waals surface area contributed by atoms with Gasteiger partial charge in [0.05, 0.1) is 25.3 Å². The molecule has 0 aliphatic carbocycles. The van der Waals surface area contributed by atoms with Crippen LogP contribution in [0.3, 0.4) is 0 Å². The molecule has 0 fully saturated rings. The van der Waals surface area contributed by atoms with Crippen LogP contribution in [0, 0.1) is 11.3 Å². The average Bonchev–Trinajstić information content (AvgIpc) is 2.18. The van der Waals surface area contributed by atoms with Crippen molar-refractivity contribution < 1.29 is 9.53 Å². The molecule has 66 valence electrons. The maximum Gasteiger partial charge on any atom is 0.356 e. The number of nitrogens with zero attached hydrogens (tertiary/aromatic N) is 2. The number of aromatic nitrogens is 1. The van der Waals surface area contributed by atoms with Crippen molar-refractivity contribution in [2.45, 2.75) is 6.42 Å². The summed E-state index contributed by atoms with van der Waals surface area (Å²) >= 11 is 0. The number of esters is 1. The van der Waals surface area contributed by atoms with E-state index in [0.29, 0.717) is 5.69 Å². The van der Waals surface area contributed by atoms with E-state index in [1.54, 1.807) is 18.2 Å². The van der Waals surface area contributed by atoms with Crippen LogP contribution in [-0.4, -0.2) is 18.1 Å². The molecule has 0 spiro atoms. The van der Waals surface area contributed by atoms with Gasteiger partial charge in [-0.15, -0.1) is 0 Å². The predicted octanol–water partition coefficient (Wildman–Crippen LogP) is 0.934. The topological polar surface area (TPSA) is 63.0 Å². The fourth-order valence-electron chi connectivity index (χ4n) is 0.877. The summed E-state index contributed by atoms with van der Waals surface area (Å²) in [6, 6.07) is 6.86. The third-order valence-electron chi connectivity index (χ3n) is 1.46. The van der Waals surface area contributed by atoms with E-state index in [0.717, 1.165) is 0 Å². The van der Waals surface area contributed by atoms with Crippen LogP contribution >= 0.6 is 0 Å². The first kappa shape index (κ1) is 9.20. The monoisotopic (exact) mass is 176 g/mol. The Bertz CT molecular complexity index is 355. The van der Waals surface area contributed by atoms with Crippen LogP contribution in [0.25, 0.3) is 0 Å². The Hall–Kier alpha value is -1.89. The molecule has 0 unspecified atom stereocenters. The van der Waals surface area contributed by atoms with Crippen molar-refractivity contribution in [2.75, 3.05) is 7.11 Å². The Morgan fingerprint density at radius 2 is 2.46 bits per heavy atom. The number of hydrogen-bond acceptors (Lipinski definition) is 4. The van der Waals surface area contributed by atoms with Gasteiger partial charge in [0.25, 0.3) is 0 Å². The minimum atomic E-state index is -0.486. The molecular formula is C9H8N2O2. The molecule has 0 saturated carbocycles. The third-order valence-corrected chi connectivity index (χ3v) is 1.46. The summed E-state index contributed by atoms with van der Waals surface area (Å²) in [6.45, 7) is 0. The molecule has 0 saturated heterocycles. The lowest BCUT2D eigenvalue weighted by Crippen LogP contribution is -2.05. The largest absolute Gasteiger partial charge is 0.464 e. The second kappa shape index (κ2) is 4.21. The SMILES string of the molecule is COC(=O)c1cccc(CC#N)n1. The van der Waals surface area contributed by atoms with E-state index in [1.807, 2.05) is 6.07 Å². The van der Waals surface area contributed by atoms with Crippen LogP contribution in [0.15, 0.2) is 18.2 Å². The maximum atomic E-state index is 11.0. The fourth-order valence-corrected chi connectivity index (χ4v) is 0.877. The first-order chi connectivity index (χ1) is 6.27. The first-order valence-electron chi connectivity index (χ1n) is 3.69. The van der Waals surface area contributed by atoms with Crippen LogP contribution in [0.1, 0.15) is 16.2 Å². The highest BCUT2D eigenvalue weighted by Gasteiger charge is 2.06. The summed E-state index contributed by atoms with van der Waals surface area (Å²) in [6.07, 6.45) is 0.199. The minimum absolute atomic E-state index is 0.199. The molecule has 0 N–H and O–H groups in total. The Kier molecular flexibility index (Phi) is 2.98. The van der Waals surface area contributed by atoms with Crippen molar-refractivity contribution >= 4 is 5.97 Å². The van der Waals surface area contributed by atoms with E-state index in [-0.39, 0.29) is 12.1 Å². The lowest BCUT2D eigenvalue weighted by Gasteiger charge is -1.98. The van der Waals surface area contributed by atoms with E-state index in [2.05, 4.69) is 9.72 Å². The molecule has 0 aliphatic heterocycles. The molecular weight excluding hydrogens is 168 g/mol. The zero-order valence-electron chi connectivity index (χ0n) is 7.15. The molecule has 0 amide bonds. The molecule has 1 aromatic heterocycles. The van der Waals surface area contributed by atoms with Crippen molar-refractivity contribution in [1.29, 1.82) is 5.26 Å². The van der Waals surface area contributed by atoms with Crippen molar-refractivity contribution in [2.24, 2.45) is 0 Å². The number of hydrogen-bond donors (Lipinski definition) is 0. The van der Waals surface area contributed by atoms with Gasteiger partial charge in [-0.3, -0.25) is 0 Å². The van der Waals surface area contributed by atoms with Gasteiger partial charge in [0.1, 0.15) is 5.69 Å². The van der Waals surface area contributed by atoms with Crippen molar-refractivity contribution in [3.63, 3.8) is 0 Å². The molecule has 0 aromatic carbocycles. The van der Waals surface area contributed by atoms with Crippen LogP contribution < -0.4 is 0 Å². The molecule has 1 rings (SSSR count). The van der Waals surface area contributed by atoms with Crippen LogP contribution in [0.5, 0.6) is 0 Å². The summed E-state index contributed by atoms with van der Waals surface area (Å²) < 4.78 is 4.49. The Morgan fingerprint density at radius 3 is 3.08 bits per heavy atom. The van der Waals surface area contributed by atoms with Gasteiger partial charge in [-0.25, -0.2) is 9.78 Å². The second-order valence-corrected chi connectivity index (χ2v) is 2.34. The number of carbonyl (C=O) groups excluding carboxylic acids is 1. The van der Waals surface area contributed by atoms with Crippen LogP contribution in [-0.2, 0) is 11.2 Å². The molecule has 1 heterocycles. The van der Waals surface area contributed by atoms with Gasteiger partial charge in [0.2, 0.25) is 0 Å². The number of methoxy groups -OCH3 is 1. The van der Waals surface area contributed by atoms with E-state index in [4.69, 9.17) is 5.26 Å². The maximum absolute atomic E-state index is 11.0. The van der Waals surface area contributed by atoms with Crippen LogP contribution in [0.2, 0.25) is 0 Å². The Balaban J connectivity index is 2.93. The Morgan fingerprint density at radius 1 is 1.69 bits per heavy atom. The lowest BCUT2D eigenvalue weighted by molar-refractivity contribution is 0.0594. The quantitative estimate of drug-likeness (QED) is 0.629. The molecule has 13 heavy (non-hydrogen) atoms. The van der Waals surface area contributed by atoms with E-state index in [1.165, 1.54) is 7.11 Å². The van der Waals surface area contributed by atoms with Gasteiger partial charge >= 0.3 is 5.97 Å². The van der Waals surface area contributed by atoms with Gasteiger partial charge in [0.15, 0.2) is 0 Å². The minimum Gasteiger partial charge on any atom is -0.464 e. The molecule has 1 aromatic rings. The summed E-state index contributed by atoms with van der Waals surface area (Å²) in [4.78, 5) is 14.9. The average molecular weight is 176 g/mol. The van der Waals surface area contributed by atoms with Crippen molar-refractivity contribution in [1.82, 2.24) is 4.98 Å². The van der Waals surface area contributed by atoms with E-state index < -0.39 is 5.97 Å². The van der Waals surface area contributed by atoms with Crippen molar-refractivity contribution in [3.05, 3.63) is 29.6 Å². The molecule has 0 aliphatic rings. The van der Waals surface area contributed by atoms with E-state index in [9.17, 15) is 4.79 Å². The summed E-state index contributed by atoms with van der Waals surface area (Å²) in [5.74, 6) is -0.486. The smallest absolute Gasteiger partial charge is 0.356 e. The van der Waals surface area contributed by atoms with E-state index >= 15 is 0 Å². The standard InChI is InChI=1S/C9H8N2O2/c1-13-9(12)8-4-2-3-7(11-8)5-6-10/h2-4H,5H2,1H3. The highest BCUT2D eigenvalue weighted by molar-refractivity contribution is 5.87. The molecule has 0 bridgehead atoms. The predicted molar refractivity (Wildman–Crippen MR) is 44.9 cm³/mol. The summed E-state index contributed by atoms with van der Waals surface area (Å²) in [5, 5.41) is 8.40. The molecule has 0 atom stereocenters. The first-order valence-corrected chi connectivity index (χ1v) is 3.69. The number of rotatable bonds is 2. The number of pyridine rings is 1. The summed E-state index contributed by atoms with van der Waals surface area (Å²) in [7, 11) is 1.29. The number of ether oxygens (including phenoxy) is 1. The molecule has 0 radical (unpaired) electrons. The second-order valence-electron chi connectivity index (χ2n) is 2.34. The van der Waals surface area contributed by atoms with Gasteiger partial charge < -0.3 is 4.74 Å². The number of carbonyl (C=O) groups is 1. The normalized spacial score (nSPS) is 8.92. The lowest BCUT2D eigenvalue weighted by atomic mass is 10.2. The van der Waals surface area contributed by atoms with Gasteiger partial charge in [-0.2, -0.15) is 5.26 Å². The number of nitriles is 1. The highest BCUT2D eigenvalue weighted by Crippen LogP contribution is 2.01. The fraction of sp³-hybridized carbons (Fsp3) is 0.222. The van der Waals surface area contributed by atoms with Crippen molar-refractivity contribution in [3.8, 4) is 6.07 Å². The molecule has 4 nitrogen and oxygen atoms in total. The summed E-state index contributed by atoms with van der Waals surface area (Å²) in [5.41, 5.74) is 0.806. The highest BCUT2D eigenvalue weighted by atomic mass is 16.5. The zero-order valence-corrected chi connectivity index (χ0v) is 7.15. The Labute approximate surface area is 75.8 Å². The van der Waals surface area contributed by atoms with Gasteiger partial charge in [-0.05, 0) is 12.1 Å². The zero-order chi connectivity index (χ0) is 9.68. The van der Waals surface area contributed by atoms with Gasteiger partial charge in [0, 0.05) is 0 Å². The third kappa shape index (κ3) is 2.27.